The average molecular weight is 462 g/mol. The number of carboxylic acids is 1. The predicted molar refractivity (Wildman–Crippen MR) is 129 cm³/mol. The lowest BCUT2D eigenvalue weighted by atomic mass is 9.85. The molecule has 1 saturated carbocycles. The number of hydrogen-bond acceptors (Lipinski definition) is 5. The Labute approximate surface area is 199 Å². The number of carbonyl (C=O) groups excluding carboxylic acids is 1. The summed E-state index contributed by atoms with van der Waals surface area (Å²) in [4.78, 5) is 27.1. The third kappa shape index (κ3) is 5.16. The number of hydrogen-bond donors (Lipinski definition) is 2. The summed E-state index contributed by atoms with van der Waals surface area (Å²) in [5, 5.41) is 24.6. The maximum absolute atomic E-state index is 13.2. The first-order chi connectivity index (χ1) is 16.5. The summed E-state index contributed by atoms with van der Waals surface area (Å²) >= 11 is 0. The van der Waals surface area contributed by atoms with Gasteiger partial charge in [-0.2, -0.15) is 5.21 Å². The highest BCUT2D eigenvalue weighted by atomic mass is 16.4. The van der Waals surface area contributed by atoms with Gasteiger partial charge in [-0.05, 0) is 47.2 Å². The van der Waals surface area contributed by atoms with Crippen LogP contribution in [0, 0.1) is 5.41 Å². The van der Waals surface area contributed by atoms with E-state index in [-0.39, 0.29) is 12.5 Å². The first-order valence-electron chi connectivity index (χ1n) is 12.0. The Kier molecular flexibility index (Phi) is 7.35. The van der Waals surface area contributed by atoms with E-state index in [1.807, 2.05) is 55.5 Å². The molecule has 2 N–H and O–H groups in total. The van der Waals surface area contributed by atoms with Gasteiger partial charge in [-0.15, -0.1) is 10.2 Å². The van der Waals surface area contributed by atoms with Crippen LogP contribution in [0.3, 0.4) is 0 Å². The van der Waals surface area contributed by atoms with Gasteiger partial charge in [0.2, 0.25) is 11.7 Å². The van der Waals surface area contributed by atoms with Gasteiger partial charge in [-0.1, -0.05) is 68.7 Å². The Bertz CT molecular complexity index is 1110. The molecular formula is C26H31N5O3. The zero-order valence-corrected chi connectivity index (χ0v) is 19.5. The van der Waals surface area contributed by atoms with Gasteiger partial charge in [0.15, 0.2) is 0 Å². The Hall–Kier alpha value is -3.55. The van der Waals surface area contributed by atoms with Gasteiger partial charge in [0.25, 0.3) is 0 Å². The van der Waals surface area contributed by atoms with Gasteiger partial charge in [0.1, 0.15) is 0 Å². The van der Waals surface area contributed by atoms with E-state index >= 15 is 0 Å². The van der Waals surface area contributed by atoms with Crippen molar-refractivity contribution in [3.63, 3.8) is 0 Å². The highest BCUT2D eigenvalue weighted by molar-refractivity contribution is 5.82. The summed E-state index contributed by atoms with van der Waals surface area (Å²) in [6.07, 6.45) is 5.12. The number of aromatic amines is 1. The maximum atomic E-state index is 13.2. The van der Waals surface area contributed by atoms with Crippen molar-refractivity contribution in [2.45, 2.75) is 58.4 Å². The van der Waals surface area contributed by atoms with E-state index < -0.39 is 11.4 Å². The van der Waals surface area contributed by atoms with Gasteiger partial charge < -0.3 is 10.0 Å². The van der Waals surface area contributed by atoms with Gasteiger partial charge in [-0.25, -0.2) is 0 Å². The van der Waals surface area contributed by atoms with Crippen molar-refractivity contribution in [1.29, 1.82) is 0 Å². The van der Waals surface area contributed by atoms with Gasteiger partial charge in [0, 0.05) is 25.1 Å². The number of nitrogens with one attached hydrogen (secondary N) is 1. The molecule has 2 aromatic carbocycles. The number of carbonyl (C=O) groups is 2. The maximum Gasteiger partial charge on any atom is 0.311 e. The second-order valence-electron chi connectivity index (χ2n) is 9.13. The summed E-state index contributed by atoms with van der Waals surface area (Å²) in [6.45, 7) is 2.63. The quantitative estimate of drug-likeness (QED) is 0.453. The molecular weight excluding hydrogens is 430 g/mol. The predicted octanol–water partition coefficient (Wildman–Crippen LogP) is 4.70. The summed E-state index contributed by atoms with van der Waals surface area (Å²) in [7, 11) is 0. The molecule has 0 spiro atoms. The first kappa shape index (κ1) is 23.6. The SMILES string of the molecule is CCCCC(=O)N(Cc1ccc(-c2ccccc2)c(-c2nn[nH]n2)c1)CC1(C(=O)O)CCCC1. The number of aromatic nitrogens is 4. The molecule has 34 heavy (non-hydrogen) atoms. The highest BCUT2D eigenvalue weighted by Gasteiger charge is 2.43. The monoisotopic (exact) mass is 461 g/mol. The number of carboxylic acid groups (broad SMARTS) is 1. The van der Waals surface area contributed by atoms with Crippen molar-refractivity contribution in [2.75, 3.05) is 6.54 Å². The Morgan fingerprint density at radius 3 is 2.50 bits per heavy atom. The van der Waals surface area contributed by atoms with Gasteiger partial charge in [-0.3, -0.25) is 9.59 Å². The fourth-order valence-corrected chi connectivity index (χ4v) is 4.82. The van der Waals surface area contributed by atoms with Crippen molar-refractivity contribution in [2.24, 2.45) is 5.41 Å². The number of unbranched alkanes of at least 4 members (excludes halogenated alkanes) is 1. The zero-order valence-electron chi connectivity index (χ0n) is 19.5. The Balaban J connectivity index is 1.67. The fraction of sp³-hybridized carbons (Fsp3) is 0.423. The van der Waals surface area contributed by atoms with E-state index in [0.717, 1.165) is 47.9 Å². The first-order valence-corrected chi connectivity index (χ1v) is 12.0. The topological polar surface area (TPSA) is 112 Å². The van der Waals surface area contributed by atoms with Crippen LogP contribution in [-0.2, 0) is 16.1 Å². The molecule has 8 nitrogen and oxygen atoms in total. The molecule has 0 atom stereocenters. The largest absolute Gasteiger partial charge is 0.481 e. The average Bonchev–Trinajstić information content (AvgIpc) is 3.56. The smallest absolute Gasteiger partial charge is 0.311 e. The van der Waals surface area contributed by atoms with Crippen LogP contribution in [0.1, 0.15) is 57.4 Å². The number of nitrogens with zero attached hydrogens (tertiary/aromatic N) is 4. The molecule has 1 fully saturated rings. The van der Waals surface area contributed by atoms with E-state index in [4.69, 9.17) is 0 Å². The van der Waals surface area contributed by atoms with Crippen molar-refractivity contribution < 1.29 is 14.7 Å². The number of H-pyrrole nitrogens is 1. The minimum Gasteiger partial charge on any atom is -0.481 e. The molecule has 1 aliphatic rings. The van der Waals surface area contributed by atoms with Crippen LogP contribution in [0.15, 0.2) is 48.5 Å². The highest BCUT2D eigenvalue weighted by Crippen LogP contribution is 2.40. The lowest BCUT2D eigenvalue weighted by Gasteiger charge is -2.32. The summed E-state index contributed by atoms with van der Waals surface area (Å²) in [6, 6.07) is 15.9. The minimum absolute atomic E-state index is 0.00243. The van der Waals surface area contributed by atoms with Crippen molar-refractivity contribution in [1.82, 2.24) is 25.5 Å². The van der Waals surface area contributed by atoms with Crippen LogP contribution in [0.25, 0.3) is 22.5 Å². The molecule has 178 valence electrons. The van der Waals surface area contributed by atoms with E-state index in [1.165, 1.54) is 0 Å². The molecule has 0 unspecified atom stereocenters. The Morgan fingerprint density at radius 2 is 1.85 bits per heavy atom. The molecule has 4 rings (SSSR count). The van der Waals surface area contributed by atoms with Crippen LogP contribution < -0.4 is 0 Å². The lowest BCUT2D eigenvalue weighted by Crippen LogP contribution is -2.44. The van der Waals surface area contributed by atoms with Crippen molar-refractivity contribution >= 4 is 11.9 Å². The number of rotatable bonds is 10. The molecule has 8 heteroatoms. The lowest BCUT2D eigenvalue weighted by molar-refractivity contribution is -0.151. The molecule has 1 aliphatic carbocycles. The van der Waals surface area contributed by atoms with E-state index in [0.29, 0.717) is 31.6 Å². The van der Waals surface area contributed by atoms with E-state index in [9.17, 15) is 14.7 Å². The zero-order chi connectivity index (χ0) is 24.0. The standard InChI is InChI=1S/C26H31N5O3/c1-2-3-11-23(32)31(18-26(25(33)34)14-7-8-15-26)17-19-12-13-21(20-9-5-4-6-10-20)22(16-19)24-27-29-30-28-24/h4-6,9-10,12-13,16H,2-3,7-8,11,14-15,17-18H2,1H3,(H,33,34)(H,27,28,29,30). The normalized spacial score (nSPS) is 14.7. The van der Waals surface area contributed by atoms with Crippen molar-refractivity contribution in [3.8, 4) is 22.5 Å². The molecule has 0 saturated heterocycles. The van der Waals surface area contributed by atoms with Crippen LogP contribution in [0.5, 0.6) is 0 Å². The summed E-state index contributed by atoms with van der Waals surface area (Å²) in [5.74, 6) is -0.324. The second kappa shape index (κ2) is 10.6. The number of amides is 1. The second-order valence-corrected chi connectivity index (χ2v) is 9.13. The Morgan fingerprint density at radius 1 is 1.09 bits per heavy atom. The number of aliphatic carboxylic acids is 1. The molecule has 0 bridgehead atoms. The van der Waals surface area contributed by atoms with Crippen LogP contribution in [0.4, 0.5) is 0 Å². The van der Waals surface area contributed by atoms with Crippen molar-refractivity contribution in [3.05, 3.63) is 54.1 Å². The van der Waals surface area contributed by atoms with E-state index in [2.05, 4.69) is 20.6 Å². The molecule has 1 aromatic heterocycles. The molecule has 3 aromatic rings. The van der Waals surface area contributed by atoms with Crippen LogP contribution in [-0.4, -0.2) is 49.1 Å². The third-order valence-electron chi connectivity index (χ3n) is 6.73. The number of tetrazole rings is 1. The van der Waals surface area contributed by atoms with E-state index in [1.54, 1.807) is 4.90 Å². The van der Waals surface area contributed by atoms with Gasteiger partial charge >= 0.3 is 5.97 Å². The molecule has 1 amide bonds. The van der Waals surface area contributed by atoms with Crippen LogP contribution in [0.2, 0.25) is 0 Å². The third-order valence-corrected chi connectivity index (χ3v) is 6.73. The van der Waals surface area contributed by atoms with Crippen LogP contribution >= 0.6 is 0 Å². The molecule has 0 aliphatic heterocycles. The summed E-state index contributed by atoms with van der Waals surface area (Å²) in [5.41, 5.74) is 2.85. The molecule has 1 heterocycles. The molecule has 0 radical (unpaired) electrons. The fourth-order valence-electron chi connectivity index (χ4n) is 4.82. The minimum atomic E-state index is -0.859. The number of benzene rings is 2. The summed E-state index contributed by atoms with van der Waals surface area (Å²) < 4.78 is 0. The van der Waals surface area contributed by atoms with Gasteiger partial charge in [0.05, 0.1) is 5.41 Å².